The Morgan fingerprint density at radius 2 is 1.89 bits per heavy atom. The number of halogens is 2. The molecule has 7 heteroatoms. The number of hydrogen-bond donors (Lipinski definition) is 0. The molecule has 4 nitrogen and oxygen atoms in total. The zero-order valence-electron chi connectivity index (χ0n) is 14.9. The van der Waals surface area contributed by atoms with Crippen LogP contribution in [0.25, 0.3) is 10.2 Å². The summed E-state index contributed by atoms with van der Waals surface area (Å²) in [6.07, 6.45) is 0.987. The van der Waals surface area contributed by atoms with Gasteiger partial charge in [0.05, 0.1) is 15.8 Å². The number of carbonyl (C=O) groups excluding carboxylic acids is 1. The Balaban J connectivity index is 1.47. The van der Waals surface area contributed by atoms with Crippen LogP contribution >= 0.6 is 11.3 Å². The van der Waals surface area contributed by atoms with E-state index in [4.69, 9.17) is 4.98 Å². The summed E-state index contributed by atoms with van der Waals surface area (Å²) in [5.41, 5.74) is 2.05. The van der Waals surface area contributed by atoms with Gasteiger partial charge < -0.3 is 9.80 Å². The van der Waals surface area contributed by atoms with E-state index < -0.39 is 17.5 Å². The fourth-order valence-electron chi connectivity index (χ4n) is 3.24. The SMILES string of the molecule is CCc1ccc2nc(N3CCN(C(=O)c4cc(F)ccc4F)CC3)sc2c1. The lowest BCUT2D eigenvalue weighted by atomic mass is 10.1. The quantitative estimate of drug-likeness (QED) is 0.679. The predicted octanol–water partition coefficient (Wildman–Crippen LogP) is 4.10. The molecular weight excluding hydrogens is 368 g/mol. The largest absolute Gasteiger partial charge is 0.345 e. The van der Waals surface area contributed by atoms with Gasteiger partial charge in [-0.25, -0.2) is 13.8 Å². The molecule has 27 heavy (non-hydrogen) atoms. The number of aromatic nitrogens is 1. The standard InChI is InChI=1S/C20H19F2N3OS/c1-2-13-3-6-17-18(11-13)27-20(23-17)25-9-7-24(8-10-25)19(26)15-12-14(21)4-5-16(15)22/h3-6,11-12H,2,7-10H2,1H3. The van der Waals surface area contributed by atoms with Gasteiger partial charge in [0, 0.05) is 26.2 Å². The van der Waals surface area contributed by atoms with Crippen LogP contribution in [0, 0.1) is 11.6 Å². The molecule has 1 saturated heterocycles. The molecule has 2 aromatic carbocycles. The number of piperazine rings is 1. The maximum atomic E-state index is 13.9. The zero-order chi connectivity index (χ0) is 19.0. The van der Waals surface area contributed by atoms with E-state index >= 15 is 0 Å². The molecular formula is C20H19F2N3OS. The summed E-state index contributed by atoms with van der Waals surface area (Å²) in [4.78, 5) is 20.9. The molecule has 140 valence electrons. The van der Waals surface area contributed by atoms with Crippen molar-refractivity contribution in [1.82, 2.24) is 9.88 Å². The lowest BCUT2D eigenvalue weighted by molar-refractivity contribution is 0.0741. The Labute approximate surface area is 160 Å². The summed E-state index contributed by atoms with van der Waals surface area (Å²) < 4.78 is 28.4. The van der Waals surface area contributed by atoms with Gasteiger partial charge in [0.15, 0.2) is 5.13 Å². The number of hydrogen-bond acceptors (Lipinski definition) is 4. The van der Waals surface area contributed by atoms with Crippen LogP contribution < -0.4 is 4.90 Å². The van der Waals surface area contributed by atoms with Crippen molar-refractivity contribution in [3.05, 3.63) is 59.2 Å². The molecule has 0 spiro atoms. The van der Waals surface area contributed by atoms with Crippen molar-refractivity contribution in [1.29, 1.82) is 0 Å². The lowest BCUT2D eigenvalue weighted by Crippen LogP contribution is -2.49. The van der Waals surface area contributed by atoms with Crippen LogP contribution in [-0.2, 0) is 6.42 Å². The third-order valence-corrected chi connectivity index (χ3v) is 5.92. The van der Waals surface area contributed by atoms with Gasteiger partial charge in [-0.3, -0.25) is 4.79 Å². The van der Waals surface area contributed by atoms with Crippen molar-refractivity contribution in [3.8, 4) is 0 Å². The highest BCUT2D eigenvalue weighted by Crippen LogP contribution is 2.30. The summed E-state index contributed by atoms with van der Waals surface area (Å²) in [5.74, 6) is -1.77. The van der Waals surface area contributed by atoms with E-state index in [1.165, 1.54) is 5.56 Å². The van der Waals surface area contributed by atoms with E-state index in [1.54, 1.807) is 16.2 Å². The molecule has 0 radical (unpaired) electrons. The smallest absolute Gasteiger partial charge is 0.257 e. The number of anilines is 1. The second-order valence-electron chi connectivity index (χ2n) is 6.56. The number of amides is 1. The molecule has 2 heterocycles. The van der Waals surface area contributed by atoms with Crippen molar-refractivity contribution in [2.75, 3.05) is 31.1 Å². The molecule has 0 unspecified atom stereocenters. The molecule has 1 aliphatic heterocycles. The second kappa shape index (κ2) is 7.23. The Morgan fingerprint density at radius 1 is 1.11 bits per heavy atom. The number of carbonyl (C=O) groups is 1. The second-order valence-corrected chi connectivity index (χ2v) is 7.56. The predicted molar refractivity (Wildman–Crippen MR) is 103 cm³/mol. The Bertz CT molecular complexity index is 996. The maximum absolute atomic E-state index is 13.9. The minimum atomic E-state index is -0.693. The first-order valence-corrected chi connectivity index (χ1v) is 9.75. The van der Waals surface area contributed by atoms with Gasteiger partial charge >= 0.3 is 0 Å². The molecule has 0 saturated carbocycles. The molecule has 1 amide bonds. The number of aryl methyl sites for hydroxylation is 1. The highest BCUT2D eigenvalue weighted by Gasteiger charge is 2.25. The zero-order valence-corrected chi connectivity index (χ0v) is 15.7. The molecule has 4 rings (SSSR count). The number of rotatable bonds is 3. The van der Waals surface area contributed by atoms with E-state index in [1.807, 2.05) is 6.07 Å². The van der Waals surface area contributed by atoms with Crippen LogP contribution in [0.5, 0.6) is 0 Å². The maximum Gasteiger partial charge on any atom is 0.257 e. The first-order chi connectivity index (χ1) is 13.0. The molecule has 0 atom stereocenters. The van der Waals surface area contributed by atoms with Gasteiger partial charge in [0.1, 0.15) is 11.6 Å². The van der Waals surface area contributed by atoms with Gasteiger partial charge in [-0.15, -0.1) is 0 Å². The van der Waals surface area contributed by atoms with E-state index in [0.717, 1.165) is 40.0 Å². The van der Waals surface area contributed by atoms with Crippen LogP contribution in [0.15, 0.2) is 36.4 Å². The molecule has 1 aromatic heterocycles. The Hall–Kier alpha value is -2.54. The minimum Gasteiger partial charge on any atom is -0.345 e. The van der Waals surface area contributed by atoms with Crippen molar-refractivity contribution in [3.63, 3.8) is 0 Å². The van der Waals surface area contributed by atoms with Crippen molar-refractivity contribution in [2.45, 2.75) is 13.3 Å². The summed E-state index contributed by atoms with van der Waals surface area (Å²) in [5, 5.41) is 0.933. The summed E-state index contributed by atoms with van der Waals surface area (Å²) in [7, 11) is 0. The average Bonchev–Trinajstić information content (AvgIpc) is 3.12. The van der Waals surface area contributed by atoms with Crippen molar-refractivity contribution < 1.29 is 13.6 Å². The average molecular weight is 387 g/mol. The fourth-order valence-corrected chi connectivity index (χ4v) is 4.33. The summed E-state index contributed by atoms with van der Waals surface area (Å²) >= 11 is 1.65. The van der Waals surface area contributed by atoms with Crippen LogP contribution in [-0.4, -0.2) is 42.0 Å². The Morgan fingerprint density at radius 3 is 2.63 bits per heavy atom. The van der Waals surface area contributed by atoms with Gasteiger partial charge in [-0.05, 0) is 42.3 Å². The molecule has 0 bridgehead atoms. The molecule has 0 N–H and O–H groups in total. The van der Waals surface area contributed by atoms with Crippen LogP contribution in [0.3, 0.4) is 0 Å². The third kappa shape index (κ3) is 3.51. The van der Waals surface area contributed by atoms with Crippen LogP contribution in [0.4, 0.5) is 13.9 Å². The van der Waals surface area contributed by atoms with Crippen molar-refractivity contribution in [2.24, 2.45) is 0 Å². The number of nitrogens with zero attached hydrogens (tertiary/aromatic N) is 3. The normalized spacial score (nSPS) is 14.8. The minimum absolute atomic E-state index is 0.212. The Kier molecular flexibility index (Phi) is 4.78. The van der Waals surface area contributed by atoms with Gasteiger partial charge in [0.2, 0.25) is 0 Å². The van der Waals surface area contributed by atoms with Gasteiger partial charge in [0.25, 0.3) is 5.91 Å². The fraction of sp³-hybridized carbons (Fsp3) is 0.300. The topological polar surface area (TPSA) is 36.4 Å². The van der Waals surface area contributed by atoms with E-state index in [0.29, 0.717) is 26.2 Å². The number of benzene rings is 2. The van der Waals surface area contributed by atoms with Gasteiger partial charge in [-0.2, -0.15) is 0 Å². The van der Waals surface area contributed by atoms with Crippen molar-refractivity contribution >= 4 is 32.6 Å². The van der Waals surface area contributed by atoms with E-state index in [-0.39, 0.29) is 5.56 Å². The highest BCUT2D eigenvalue weighted by molar-refractivity contribution is 7.22. The third-order valence-electron chi connectivity index (χ3n) is 4.85. The lowest BCUT2D eigenvalue weighted by Gasteiger charge is -2.34. The molecule has 1 fully saturated rings. The molecule has 3 aromatic rings. The first kappa shape index (κ1) is 17.9. The monoisotopic (exact) mass is 387 g/mol. The van der Waals surface area contributed by atoms with Gasteiger partial charge in [-0.1, -0.05) is 24.3 Å². The first-order valence-electron chi connectivity index (χ1n) is 8.94. The van der Waals surface area contributed by atoms with E-state index in [9.17, 15) is 13.6 Å². The number of thiazole rings is 1. The molecule has 1 aliphatic rings. The molecule has 0 aliphatic carbocycles. The van der Waals surface area contributed by atoms with Crippen LogP contribution in [0.2, 0.25) is 0 Å². The highest BCUT2D eigenvalue weighted by atomic mass is 32.1. The number of fused-ring (bicyclic) bond motifs is 1. The van der Waals surface area contributed by atoms with E-state index in [2.05, 4.69) is 24.0 Å². The summed E-state index contributed by atoms with van der Waals surface area (Å²) in [6.45, 7) is 4.25. The van der Waals surface area contributed by atoms with Crippen LogP contribution in [0.1, 0.15) is 22.8 Å². The summed E-state index contributed by atoms with van der Waals surface area (Å²) in [6, 6.07) is 9.27.